The molecule has 0 radical (unpaired) electrons. The maximum atomic E-state index is 12.2. The summed E-state index contributed by atoms with van der Waals surface area (Å²) in [5.74, 6) is 0.377. The van der Waals surface area contributed by atoms with Gasteiger partial charge in [0, 0.05) is 37.6 Å². The van der Waals surface area contributed by atoms with E-state index in [-0.39, 0.29) is 19.0 Å². The lowest BCUT2D eigenvalue weighted by Crippen LogP contribution is -2.44. The summed E-state index contributed by atoms with van der Waals surface area (Å²) in [6, 6.07) is 2.96. The second kappa shape index (κ2) is 9.59. The maximum Gasteiger partial charge on any atom is 0.422 e. The number of nitrogens with one attached hydrogen (secondary N) is 2. The molecule has 160 valence electrons. The molecule has 1 atom stereocenters. The molecule has 2 aromatic heterocycles. The Labute approximate surface area is 166 Å². The highest BCUT2D eigenvalue weighted by Gasteiger charge is 2.28. The number of rotatable bonds is 8. The highest BCUT2D eigenvalue weighted by Crippen LogP contribution is 2.19. The Hall–Kier alpha value is -2.82. The third-order valence-corrected chi connectivity index (χ3v) is 3.87. The van der Waals surface area contributed by atoms with E-state index in [2.05, 4.69) is 30.4 Å². The topological polar surface area (TPSA) is 96.6 Å². The Morgan fingerprint density at radius 3 is 2.59 bits per heavy atom. The minimum absolute atomic E-state index is 0.104. The first-order chi connectivity index (χ1) is 13.6. The largest absolute Gasteiger partial charge is 0.468 e. The molecule has 0 spiro atoms. The Morgan fingerprint density at radius 1 is 1.28 bits per heavy atom. The lowest BCUT2D eigenvalue weighted by molar-refractivity contribution is -0.154. The zero-order valence-electron chi connectivity index (χ0n) is 16.5. The molecule has 3 N–H and O–H groups in total. The first-order valence-electron chi connectivity index (χ1n) is 8.97. The summed E-state index contributed by atoms with van der Waals surface area (Å²) in [6.45, 7) is 3.26. The third kappa shape index (κ3) is 7.60. The average molecular weight is 414 g/mol. The molecule has 11 heteroatoms. The number of alkyl halides is 3. The number of aliphatic imine (C=N–C) groups is 1. The van der Waals surface area contributed by atoms with E-state index >= 15 is 0 Å². The number of ether oxygens (including phenoxy) is 1. The third-order valence-electron chi connectivity index (χ3n) is 3.87. The van der Waals surface area contributed by atoms with Crippen molar-refractivity contribution in [2.24, 2.45) is 12.0 Å². The smallest absolute Gasteiger partial charge is 0.422 e. The van der Waals surface area contributed by atoms with Crippen LogP contribution in [0.15, 0.2) is 35.7 Å². The first-order valence-corrected chi connectivity index (χ1v) is 8.97. The summed E-state index contributed by atoms with van der Waals surface area (Å²) in [6.07, 6.45) is 0.332. The van der Waals surface area contributed by atoms with Crippen LogP contribution in [-0.2, 0) is 19.2 Å². The highest BCUT2D eigenvalue weighted by atomic mass is 19.4. The molecule has 0 aliphatic heterocycles. The van der Waals surface area contributed by atoms with Gasteiger partial charge < -0.3 is 20.5 Å². The predicted octanol–water partition coefficient (Wildman–Crippen LogP) is 1.72. The van der Waals surface area contributed by atoms with Crippen molar-refractivity contribution in [3.63, 3.8) is 0 Å². The number of halogens is 3. The van der Waals surface area contributed by atoms with Gasteiger partial charge in [0.05, 0.1) is 19.3 Å². The lowest BCUT2D eigenvalue weighted by atomic mass is 10.00. The van der Waals surface area contributed by atoms with Gasteiger partial charge in [-0.1, -0.05) is 6.07 Å². The molecule has 2 aromatic rings. The Morgan fingerprint density at radius 2 is 2.03 bits per heavy atom. The van der Waals surface area contributed by atoms with Crippen LogP contribution in [0.1, 0.15) is 25.0 Å². The van der Waals surface area contributed by atoms with Crippen molar-refractivity contribution in [2.45, 2.75) is 32.2 Å². The van der Waals surface area contributed by atoms with Gasteiger partial charge in [0.2, 0.25) is 5.88 Å². The van der Waals surface area contributed by atoms with Crippen LogP contribution in [0.3, 0.4) is 0 Å². The van der Waals surface area contributed by atoms with Gasteiger partial charge in [0.1, 0.15) is 5.60 Å². The van der Waals surface area contributed by atoms with Crippen LogP contribution in [0.5, 0.6) is 5.88 Å². The fraction of sp³-hybridized carbons (Fsp3) is 0.500. The van der Waals surface area contributed by atoms with Gasteiger partial charge in [-0.2, -0.15) is 18.3 Å². The molecule has 0 fully saturated rings. The minimum atomic E-state index is -4.41. The van der Waals surface area contributed by atoms with Crippen molar-refractivity contribution in [1.82, 2.24) is 25.4 Å². The Bertz CT molecular complexity index is 803. The van der Waals surface area contributed by atoms with E-state index < -0.39 is 18.4 Å². The quantitative estimate of drug-likeness (QED) is 0.450. The molecular formula is C18H25F3N6O2. The van der Waals surface area contributed by atoms with Gasteiger partial charge >= 0.3 is 6.18 Å². The van der Waals surface area contributed by atoms with Gasteiger partial charge in [0.25, 0.3) is 0 Å². The van der Waals surface area contributed by atoms with E-state index in [0.717, 1.165) is 0 Å². The summed E-state index contributed by atoms with van der Waals surface area (Å²) in [4.78, 5) is 8.25. The number of nitrogens with zero attached hydrogens (tertiary/aromatic N) is 4. The zero-order chi connectivity index (χ0) is 21.5. The van der Waals surface area contributed by atoms with Crippen LogP contribution < -0.4 is 15.4 Å². The normalized spacial score (nSPS) is 14.4. The number of pyridine rings is 1. The summed E-state index contributed by atoms with van der Waals surface area (Å²) >= 11 is 0. The maximum absolute atomic E-state index is 12.2. The van der Waals surface area contributed by atoms with Crippen LogP contribution >= 0.6 is 0 Å². The number of aliphatic hydroxyl groups is 1. The minimum Gasteiger partial charge on any atom is -0.468 e. The van der Waals surface area contributed by atoms with E-state index in [9.17, 15) is 18.3 Å². The van der Waals surface area contributed by atoms with Crippen molar-refractivity contribution in [3.8, 4) is 5.88 Å². The van der Waals surface area contributed by atoms with Gasteiger partial charge in [-0.3, -0.25) is 4.68 Å². The van der Waals surface area contributed by atoms with Crippen molar-refractivity contribution in [3.05, 3.63) is 41.9 Å². The molecule has 2 rings (SSSR count). The lowest BCUT2D eigenvalue weighted by Gasteiger charge is -2.23. The summed E-state index contributed by atoms with van der Waals surface area (Å²) in [5, 5.41) is 20.8. The molecule has 0 saturated carbocycles. The van der Waals surface area contributed by atoms with Gasteiger partial charge in [-0.05, 0) is 19.4 Å². The summed E-state index contributed by atoms with van der Waals surface area (Å²) < 4.78 is 42.7. The predicted molar refractivity (Wildman–Crippen MR) is 101 cm³/mol. The molecule has 8 nitrogen and oxygen atoms in total. The van der Waals surface area contributed by atoms with E-state index in [1.54, 1.807) is 37.1 Å². The van der Waals surface area contributed by atoms with Crippen molar-refractivity contribution < 1.29 is 23.0 Å². The van der Waals surface area contributed by atoms with Gasteiger partial charge in [0.15, 0.2) is 12.6 Å². The summed E-state index contributed by atoms with van der Waals surface area (Å²) in [7, 11) is 1.77. The second-order valence-corrected chi connectivity index (χ2v) is 6.63. The fourth-order valence-electron chi connectivity index (χ4n) is 2.31. The number of hydrogen-bond acceptors (Lipinski definition) is 5. The molecule has 29 heavy (non-hydrogen) atoms. The number of hydrogen-bond donors (Lipinski definition) is 3. The SMILES string of the molecule is CCNC(=NCc1ccc(OCC(F)(F)F)nc1)NCC(C)(O)c1cnn(C)c1. The van der Waals surface area contributed by atoms with Gasteiger partial charge in [-0.15, -0.1) is 0 Å². The molecule has 0 aliphatic rings. The highest BCUT2D eigenvalue weighted by molar-refractivity contribution is 5.79. The van der Waals surface area contributed by atoms with E-state index in [1.807, 2.05) is 6.92 Å². The van der Waals surface area contributed by atoms with Crippen molar-refractivity contribution in [2.75, 3.05) is 19.7 Å². The zero-order valence-corrected chi connectivity index (χ0v) is 16.5. The second-order valence-electron chi connectivity index (χ2n) is 6.63. The Kier molecular flexibility index (Phi) is 7.43. The molecule has 0 amide bonds. The first kappa shape index (κ1) is 22.5. The molecule has 0 saturated heterocycles. The number of aryl methyl sites for hydroxylation is 1. The van der Waals surface area contributed by atoms with E-state index in [0.29, 0.717) is 23.6 Å². The van der Waals surface area contributed by atoms with Gasteiger partial charge in [-0.25, -0.2) is 9.98 Å². The molecule has 0 bridgehead atoms. The summed E-state index contributed by atoms with van der Waals surface area (Å²) in [5.41, 5.74) is 0.214. The monoisotopic (exact) mass is 414 g/mol. The van der Waals surface area contributed by atoms with Crippen LogP contribution in [0.4, 0.5) is 13.2 Å². The standard InChI is InChI=1S/C18H25F3N6O2/c1-4-22-16(25-11-17(2,28)14-9-26-27(3)10-14)24-8-13-5-6-15(23-7-13)29-12-18(19,20)21/h5-7,9-10,28H,4,8,11-12H2,1-3H3,(H2,22,24,25). The van der Waals surface area contributed by atoms with Crippen LogP contribution in [0, 0.1) is 0 Å². The molecule has 2 heterocycles. The van der Waals surface area contributed by atoms with Crippen LogP contribution in [0.25, 0.3) is 0 Å². The fourth-order valence-corrected chi connectivity index (χ4v) is 2.31. The molecule has 0 aromatic carbocycles. The van der Waals surface area contributed by atoms with Crippen molar-refractivity contribution >= 4 is 5.96 Å². The molecule has 0 aliphatic carbocycles. The van der Waals surface area contributed by atoms with Crippen LogP contribution in [0.2, 0.25) is 0 Å². The Balaban J connectivity index is 1.94. The van der Waals surface area contributed by atoms with Crippen LogP contribution in [-0.4, -0.2) is 51.7 Å². The average Bonchev–Trinajstić information content (AvgIpc) is 3.10. The number of guanidine groups is 1. The van der Waals surface area contributed by atoms with Crippen molar-refractivity contribution in [1.29, 1.82) is 0 Å². The van der Waals surface area contributed by atoms with E-state index in [1.165, 1.54) is 12.3 Å². The molecule has 1 unspecified atom stereocenters. The molecular weight excluding hydrogens is 389 g/mol. The van der Waals surface area contributed by atoms with E-state index in [4.69, 9.17) is 0 Å². The number of aromatic nitrogens is 3.